The summed E-state index contributed by atoms with van der Waals surface area (Å²) in [4.78, 5) is 11.4. The molecule has 0 saturated carbocycles. The first-order valence-electron chi connectivity index (χ1n) is 4.25. The fourth-order valence-corrected chi connectivity index (χ4v) is 1.54. The van der Waals surface area contributed by atoms with Gasteiger partial charge in [0, 0.05) is 25.4 Å². The van der Waals surface area contributed by atoms with Crippen molar-refractivity contribution >= 4 is 5.78 Å². The van der Waals surface area contributed by atoms with Gasteiger partial charge in [-0.2, -0.15) is 0 Å². The summed E-state index contributed by atoms with van der Waals surface area (Å²) in [5, 5.41) is 3.25. The molecule has 64 valence electrons. The number of hydrogen-bond donors (Lipinski definition) is 1. The van der Waals surface area contributed by atoms with Crippen molar-refractivity contribution in [1.82, 2.24) is 5.32 Å². The molecule has 1 heterocycles. The number of carbonyl (C=O) groups is 1. The third-order valence-corrected chi connectivity index (χ3v) is 2.33. The highest BCUT2D eigenvalue weighted by atomic mass is 16.1. The molecule has 0 radical (unpaired) electrons. The number of hydrogen-bond acceptors (Lipinski definition) is 2. The first-order chi connectivity index (χ1) is 5.02. The Labute approximate surface area is 68.4 Å². The van der Waals surface area contributed by atoms with Gasteiger partial charge in [0.25, 0.3) is 0 Å². The largest absolute Gasteiger partial charge is 0.316 e. The van der Waals surface area contributed by atoms with Gasteiger partial charge < -0.3 is 5.32 Å². The molecule has 1 saturated heterocycles. The van der Waals surface area contributed by atoms with Crippen LogP contribution in [-0.4, -0.2) is 18.9 Å². The SMILES string of the molecule is CC(C)(C)C1CNCCC1=O. The lowest BCUT2D eigenvalue weighted by atomic mass is 9.76. The Bertz CT molecular complexity index is 157. The Kier molecular flexibility index (Phi) is 2.33. The molecule has 1 fully saturated rings. The summed E-state index contributed by atoms with van der Waals surface area (Å²) in [5.74, 6) is 0.646. The molecule has 0 aromatic carbocycles. The first-order valence-corrected chi connectivity index (χ1v) is 4.25. The highest BCUT2D eigenvalue weighted by Crippen LogP contribution is 2.28. The van der Waals surface area contributed by atoms with Crippen LogP contribution in [0.15, 0.2) is 0 Å². The maximum absolute atomic E-state index is 11.4. The van der Waals surface area contributed by atoms with Crippen LogP contribution in [0.4, 0.5) is 0 Å². The van der Waals surface area contributed by atoms with Crippen LogP contribution in [0.25, 0.3) is 0 Å². The molecule has 0 aromatic heterocycles. The van der Waals surface area contributed by atoms with Crippen molar-refractivity contribution in [2.45, 2.75) is 27.2 Å². The van der Waals surface area contributed by atoms with E-state index in [9.17, 15) is 4.79 Å². The van der Waals surface area contributed by atoms with Crippen LogP contribution < -0.4 is 5.32 Å². The Morgan fingerprint density at radius 3 is 2.45 bits per heavy atom. The molecule has 1 atom stereocenters. The number of rotatable bonds is 0. The summed E-state index contributed by atoms with van der Waals surface area (Å²) in [6.07, 6.45) is 0.710. The van der Waals surface area contributed by atoms with Gasteiger partial charge >= 0.3 is 0 Å². The molecule has 1 aliphatic rings. The Balaban J connectivity index is 2.62. The zero-order chi connectivity index (χ0) is 8.48. The van der Waals surface area contributed by atoms with E-state index >= 15 is 0 Å². The molecule has 1 aliphatic heterocycles. The molecule has 0 amide bonds. The molecule has 0 bridgehead atoms. The number of piperidine rings is 1. The summed E-state index contributed by atoms with van der Waals surface area (Å²) in [5.41, 5.74) is 0.129. The molecule has 2 nitrogen and oxygen atoms in total. The average Bonchev–Trinajstić information content (AvgIpc) is 1.86. The van der Waals surface area contributed by atoms with Gasteiger partial charge in [-0.1, -0.05) is 20.8 Å². The maximum atomic E-state index is 11.4. The predicted octanol–water partition coefficient (Wildman–Crippen LogP) is 1.21. The van der Waals surface area contributed by atoms with Crippen molar-refractivity contribution in [3.8, 4) is 0 Å². The third-order valence-electron chi connectivity index (χ3n) is 2.33. The van der Waals surface area contributed by atoms with E-state index < -0.39 is 0 Å². The van der Waals surface area contributed by atoms with Gasteiger partial charge in [0.15, 0.2) is 0 Å². The van der Waals surface area contributed by atoms with E-state index in [1.54, 1.807) is 0 Å². The van der Waals surface area contributed by atoms with Crippen molar-refractivity contribution in [1.29, 1.82) is 0 Å². The maximum Gasteiger partial charge on any atom is 0.139 e. The summed E-state index contributed by atoms with van der Waals surface area (Å²) >= 11 is 0. The van der Waals surface area contributed by atoms with E-state index in [-0.39, 0.29) is 11.3 Å². The van der Waals surface area contributed by atoms with Gasteiger partial charge in [-0.25, -0.2) is 0 Å². The highest BCUT2D eigenvalue weighted by molar-refractivity contribution is 5.82. The number of ketones is 1. The second-order valence-electron chi connectivity index (χ2n) is 4.34. The van der Waals surface area contributed by atoms with E-state index in [0.29, 0.717) is 12.2 Å². The van der Waals surface area contributed by atoms with E-state index in [2.05, 4.69) is 26.1 Å². The van der Waals surface area contributed by atoms with Crippen molar-refractivity contribution in [3.63, 3.8) is 0 Å². The summed E-state index contributed by atoms with van der Waals surface area (Å²) in [7, 11) is 0. The van der Waals surface area contributed by atoms with Crippen LogP contribution in [-0.2, 0) is 4.79 Å². The smallest absolute Gasteiger partial charge is 0.139 e. The van der Waals surface area contributed by atoms with Crippen molar-refractivity contribution < 1.29 is 4.79 Å². The summed E-state index contributed by atoms with van der Waals surface area (Å²) in [6.45, 7) is 8.11. The second kappa shape index (κ2) is 2.94. The summed E-state index contributed by atoms with van der Waals surface area (Å²) in [6, 6.07) is 0. The van der Waals surface area contributed by atoms with E-state index in [4.69, 9.17) is 0 Å². The predicted molar refractivity (Wildman–Crippen MR) is 45.4 cm³/mol. The summed E-state index contributed by atoms with van der Waals surface area (Å²) < 4.78 is 0. The first kappa shape index (κ1) is 8.72. The molecule has 1 unspecified atom stereocenters. The third kappa shape index (κ3) is 2.03. The molecule has 1 rings (SSSR count). The van der Waals surface area contributed by atoms with Gasteiger partial charge in [0.05, 0.1) is 0 Å². The Morgan fingerprint density at radius 2 is 2.09 bits per heavy atom. The lowest BCUT2D eigenvalue weighted by molar-refractivity contribution is -0.127. The van der Waals surface area contributed by atoms with Crippen molar-refractivity contribution in [2.24, 2.45) is 11.3 Å². The minimum absolute atomic E-state index is 0.129. The van der Waals surface area contributed by atoms with E-state index in [1.807, 2.05) is 0 Å². The van der Waals surface area contributed by atoms with Gasteiger partial charge in [0.1, 0.15) is 5.78 Å². The molecule has 2 heteroatoms. The molecule has 1 N–H and O–H groups in total. The molecule has 0 aromatic rings. The number of Topliss-reactive ketones (excluding diaryl/α,β-unsaturated/α-hetero) is 1. The minimum atomic E-state index is 0.129. The standard InChI is InChI=1S/C9H17NO/c1-9(2,3)7-6-10-5-4-8(7)11/h7,10H,4-6H2,1-3H3. The van der Waals surface area contributed by atoms with Crippen LogP contribution >= 0.6 is 0 Å². The van der Waals surface area contributed by atoms with Crippen LogP contribution in [0.3, 0.4) is 0 Å². The van der Waals surface area contributed by atoms with Crippen LogP contribution in [0.2, 0.25) is 0 Å². The fourth-order valence-electron chi connectivity index (χ4n) is 1.54. The monoisotopic (exact) mass is 155 g/mol. The minimum Gasteiger partial charge on any atom is -0.316 e. The van der Waals surface area contributed by atoms with E-state index in [0.717, 1.165) is 13.1 Å². The van der Waals surface area contributed by atoms with Gasteiger partial charge in [0.2, 0.25) is 0 Å². The average molecular weight is 155 g/mol. The number of carbonyl (C=O) groups excluding carboxylic acids is 1. The lowest BCUT2D eigenvalue weighted by Gasteiger charge is -2.32. The topological polar surface area (TPSA) is 29.1 Å². The Morgan fingerprint density at radius 1 is 1.45 bits per heavy atom. The highest BCUT2D eigenvalue weighted by Gasteiger charge is 2.32. The van der Waals surface area contributed by atoms with Gasteiger partial charge in [-0.15, -0.1) is 0 Å². The molecule has 0 spiro atoms. The molecule has 0 aliphatic carbocycles. The second-order valence-corrected chi connectivity index (χ2v) is 4.34. The zero-order valence-electron chi connectivity index (χ0n) is 7.61. The normalized spacial score (nSPS) is 27.2. The van der Waals surface area contributed by atoms with Crippen LogP contribution in [0.5, 0.6) is 0 Å². The van der Waals surface area contributed by atoms with Crippen LogP contribution in [0, 0.1) is 11.3 Å². The quantitative estimate of drug-likeness (QED) is 0.569. The van der Waals surface area contributed by atoms with E-state index in [1.165, 1.54) is 0 Å². The van der Waals surface area contributed by atoms with Crippen molar-refractivity contribution in [2.75, 3.05) is 13.1 Å². The van der Waals surface area contributed by atoms with Gasteiger partial charge in [-0.3, -0.25) is 4.79 Å². The molecular formula is C9H17NO. The van der Waals surface area contributed by atoms with Gasteiger partial charge in [-0.05, 0) is 5.41 Å². The molecular weight excluding hydrogens is 138 g/mol. The zero-order valence-corrected chi connectivity index (χ0v) is 7.61. The number of nitrogens with one attached hydrogen (secondary N) is 1. The van der Waals surface area contributed by atoms with Crippen LogP contribution in [0.1, 0.15) is 27.2 Å². The Hall–Kier alpha value is -0.370. The fraction of sp³-hybridized carbons (Fsp3) is 0.889. The molecule has 11 heavy (non-hydrogen) atoms. The lowest BCUT2D eigenvalue weighted by Crippen LogP contribution is -2.43. The van der Waals surface area contributed by atoms with Crippen molar-refractivity contribution in [3.05, 3.63) is 0 Å².